The minimum Gasteiger partial charge on any atom is -0.376 e. The standard InChI is InChI=1S/C25H35N3O/c1-19(2)22-14-8-10-16-24(22)27-25(29)17-26-23-15-9-7-11-20(23)18-28(3)21-12-5-4-6-13-21/h7-11,14-16,19,21,26H,4-6,12-13,17-18H2,1-3H3,(H,27,29). The zero-order valence-electron chi connectivity index (χ0n) is 18.1. The van der Waals surface area contributed by atoms with Crippen molar-refractivity contribution in [1.82, 2.24) is 4.90 Å². The van der Waals surface area contributed by atoms with Gasteiger partial charge in [0, 0.05) is 24.0 Å². The average molecular weight is 394 g/mol. The summed E-state index contributed by atoms with van der Waals surface area (Å²) in [5, 5.41) is 6.41. The van der Waals surface area contributed by atoms with Crippen molar-refractivity contribution >= 4 is 17.3 Å². The molecule has 2 aromatic rings. The van der Waals surface area contributed by atoms with Crippen LogP contribution in [0.3, 0.4) is 0 Å². The third-order valence-corrected chi connectivity index (χ3v) is 5.93. The molecule has 0 aromatic heterocycles. The Labute approximate surface area is 175 Å². The molecule has 4 nitrogen and oxygen atoms in total. The van der Waals surface area contributed by atoms with Crippen LogP contribution in [0, 0.1) is 0 Å². The first-order chi connectivity index (χ1) is 14.0. The van der Waals surface area contributed by atoms with Crippen molar-refractivity contribution in [1.29, 1.82) is 0 Å². The number of anilines is 2. The van der Waals surface area contributed by atoms with E-state index >= 15 is 0 Å². The van der Waals surface area contributed by atoms with Gasteiger partial charge < -0.3 is 10.6 Å². The molecule has 0 unspecified atom stereocenters. The lowest BCUT2D eigenvalue weighted by Gasteiger charge is -2.31. The second kappa shape index (κ2) is 10.4. The van der Waals surface area contributed by atoms with E-state index in [1.807, 2.05) is 24.3 Å². The molecule has 0 bridgehead atoms. The SMILES string of the molecule is CC(C)c1ccccc1NC(=O)CNc1ccccc1CN(C)C1CCCCC1. The summed E-state index contributed by atoms with van der Waals surface area (Å²) in [5.74, 6) is 0.351. The first-order valence-corrected chi connectivity index (χ1v) is 11.0. The van der Waals surface area contributed by atoms with Crippen LogP contribution in [0.25, 0.3) is 0 Å². The Bertz CT molecular complexity index is 796. The van der Waals surface area contributed by atoms with E-state index in [1.165, 1.54) is 37.7 Å². The van der Waals surface area contributed by atoms with Gasteiger partial charge in [0.1, 0.15) is 0 Å². The summed E-state index contributed by atoms with van der Waals surface area (Å²) in [6.07, 6.45) is 6.64. The highest BCUT2D eigenvalue weighted by atomic mass is 16.1. The molecule has 0 saturated heterocycles. The van der Waals surface area contributed by atoms with E-state index in [4.69, 9.17) is 0 Å². The summed E-state index contributed by atoms with van der Waals surface area (Å²) < 4.78 is 0. The molecule has 0 spiro atoms. The molecule has 4 heteroatoms. The molecule has 0 aliphatic heterocycles. The van der Waals surface area contributed by atoms with E-state index in [0.717, 1.165) is 23.5 Å². The lowest BCUT2D eigenvalue weighted by atomic mass is 9.94. The summed E-state index contributed by atoms with van der Waals surface area (Å²) in [6.45, 7) is 5.45. The second-order valence-corrected chi connectivity index (χ2v) is 8.51. The number of hydrogen-bond donors (Lipinski definition) is 2. The van der Waals surface area contributed by atoms with E-state index < -0.39 is 0 Å². The van der Waals surface area contributed by atoms with Crippen LogP contribution in [-0.4, -0.2) is 30.4 Å². The lowest BCUT2D eigenvalue weighted by molar-refractivity contribution is -0.114. The van der Waals surface area contributed by atoms with E-state index in [-0.39, 0.29) is 12.5 Å². The van der Waals surface area contributed by atoms with Gasteiger partial charge in [0.25, 0.3) is 0 Å². The summed E-state index contributed by atoms with van der Waals surface area (Å²) >= 11 is 0. The van der Waals surface area contributed by atoms with E-state index in [1.54, 1.807) is 0 Å². The molecule has 3 rings (SSSR count). The van der Waals surface area contributed by atoms with Crippen LogP contribution in [0.2, 0.25) is 0 Å². The van der Waals surface area contributed by atoms with Crippen LogP contribution in [0.15, 0.2) is 48.5 Å². The first-order valence-electron chi connectivity index (χ1n) is 11.0. The molecular weight excluding hydrogens is 358 g/mol. The quantitative estimate of drug-likeness (QED) is 0.611. The van der Waals surface area contributed by atoms with Gasteiger partial charge in [0.2, 0.25) is 5.91 Å². The Morgan fingerprint density at radius 2 is 1.66 bits per heavy atom. The van der Waals surface area contributed by atoms with Crippen LogP contribution < -0.4 is 10.6 Å². The summed E-state index contributed by atoms with van der Waals surface area (Å²) in [6, 6.07) is 17.0. The smallest absolute Gasteiger partial charge is 0.243 e. The maximum absolute atomic E-state index is 12.6. The Kier molecular flexibility index (Phi) is 7.70. The molecule has 2 N–H and O–H groups in total. The minimum absolute atomic E-state index is 0.0199. The molecule has 1 amide bonds. The maximum Gasteiger partial charge on any atom is 0.243 e. The summed E-state index contributed by atoms with van der Waals surface area (Å²) in [5.41, 5.74) is 4.35. The van der Waals surface area contributed by atoms with Crippen LogP contribution in [0.4, 0.5) is 11.4 Å². The van der Waals surface area contributed by atoms with Crippen molar-refractivity contribution in [3.8, 4) is 0 Å². The molecular formula is C25H35N3O. The molecule has 0 atom stereocenters. The van der Waals surface area contributed by atoms with Gasteiger partial charge in [-0.15, -0.1) is 0 Å². The number of carbonyl (C=O) groups is 1. The topological polar surface area (TPSA) is 44.4 Å². The Hall–Kier alpha value is -2.33. The van der Waals surface area contributed by atoms with Crippen molar-refractivity contribution in [2.24, 2.45) is 0 Å². The number of hydrogen-bond acceptors (Lipinski definition) is 3. The van der Waals surface area contributed by atoms with Crippen molar-refractivity contribution in [2.75, 3.05) is 24.2 Å². The molecule has 156 valence electrons. The fraction of sp³-hybridized carbons (Fsp3) is 0.480. The van der Waals surface area contributed by atoms with E-state index in [9.17, 15) is 4.79 Å². The number of nitrogens with one attached hydrogen (secondary N) is 2. The van der Waals surface area contributed by atoms with Crippen molar-refractivity contribution < 1.29 is 4.79 Å². The fourth-order valence-electron chi connectivity index (χ4n) is 4.23. The van der Waals surface area contributed by atoms with Gasteiger partial charge >= 0.3 is 0 Å². The van der Waals surface area contributed by atoms with Crippen LogP contribution in [0.5, 0.6) is 0 Å². The van der Waals surface area contributed by atoms with Crippen molar-refractivity contribution in [2.45, 2.75) is 64.5 Å². The number of amides is 1. The van der Waals surface area contributed by atoms with Crippen LogP contribution in [-0.2, 0) is 11.3 Å². The van der Waals surface area contributed by atoms with E-state index in [2.05, 4.69) is 60.7 Å². The Morgan fingerprint density at radius 1 is 1.00 bits per heavy atom. The molecule has 0 radical (unpaired) electrons. The fourth-order valence-corrected chi connectivity index (χ4v) is 4.23. The third-order valence-electron chi connectivity index (χ3n) is 5.93. The molecule has 2 aromatic carbocycles. The van der Waals surface area contributed by atoms with Crippen LogP contribution in [0.1, 0.15) is 63.0 Å². The molecule has 29 heavy (non-hydrogen) atoms. The van der Waals surface area contributed by atoms with Gasteiger partial charge in [0.05, 0.1) is 6.54 Å². The van der Waals surface area contributed by atoms with Crippen molar-refractivity contribution in [3.05, 3.63) is 59.7 Å². The molecule has 0 heterocycles. The number of carbonyl (C=O) groups excluding carboxylic acids is 1. The van der Waals surface area contributed by atoms with Gasteiger partial charge in [-0.1, -0.05) is 69.5 Å². The second-order valence-electron chi connectivity index (χ2n) is 8.51. The zero-order chi connectivity index (χ0) is 20.6. The summed E-state index contributed by atoms with van der Waals surface area (Å²) in [7, 11) is 2.22. The third kappa shape index (κ3) is 6.07. The van der Waals surface area contributed by atoms with Gasteiger partial charge in [-0.3, -0.25) is 9.69 Å². The van der Waals surface area contributed by atoms with Gasteiger partial charge in [0.15, 0.2) is 0 Å². The lowest BCUT2D eigenvalue weighted by Crippen LogP contribution is -2.33. The molecule has 1 aliphatic rings. The van der Waals surface area contributed by atoms with Gasteiger partial charge in [-0.2, -0.15) is 0 Å². The number of para-hydroxylation sites is 2. The zero-order valence-corrected chi connectivity index (χ0v) is 18.1. The van der Waals surface area contributed by atoms with Gasteiger partial charge in [-0.25, -0.2) is 0 Å². The average Bonchev–Trinajstić information content (AvgIpc) is 2.74. The number of nitrogens with zero attached hydrogens (tertiary/aromatic N) is 1. The molecule has 1 fully saturated rings. The number of rotatable bonds is 8. The van der Waals surface area contributed by atoms with Crippen molar-refractivity contribution in [3.63, 3.8) is 0 Å². The summed E-state index contributed by atoms with van der Waals surface area (Å²) in [4.78, 5) is 15.0. The van der Waals surface area contributed by atoms with E-state index in [0.29, 0.717) is 12.0 Å². The number of benzene rings is 2. The Morgan fingerprint density at radius 3 is 2.38 bits per heavy atom. The highest BCUT2D eigenvalue weighted by Gasteiger charge is 2.19. The van der Waals surface area contributed by atoms with Gasteiger partial charge in [-0.05, 0) is 49.1 Å². The minimum atomic E-state index is -0.0199. The maximum atomic E-state index is 12.6. The highest BCUT2D eigenvalue weighted by molar-refractivity contribution is 5.94. The first kappa shape index (κ1) is 21.4. The largest absolute Gasteiger partial charge is 0.376 e. The predicted molar refractivity (Wildman–Crippen MR) is 122 cm³/mol. The molecule has 1 aliphatic carbocycles. The normalized spacial score (nSPS) is 14.9. The highest BCUT2D eigenvalue weighted by Crippen LogP contribution is 2.25. The molecule has 1 saturated carbocycles. The van der Waals surface area contributed by atoms with Crippen LogP contribution >= 0.6 is 0 Å². The monoisotopic (exact) mass is 393 g/mol. The predicted octanol–water partition coefficient (Wildman–Crippen LogP) is 5.63. The Balaban J connectivity index is 1.59.